The predicted octanol–water partition coefficient (Wildman–Crippen LogP) is 3.17. The van der Waals surface area contributed by atoms with E-state index in [1.54, 1.807) is 0 Å². The summed E-state index contributed by atoms with van der Waals surface area (Å²) in [5.41, 5.74) is 0.515. The number of nitrogens with zero attached hydrogens (tertiary/aromatic N) is 1. The molecular formula is C20H39N3O. The van der Waals surface area contributed by atoms with Crippen molar-refractivity contribution in [2.45, 2.75) is 78.2 Å². The molecule has 1 spiro atoms. The molecule has 1 amide bonds. The zero-order valence-corrected chi connectivity index (χ0v) is 16.2. The fourth-order valence-corrected chi connectivity index (χ4v) is 4.33. The van der Waals surface area contributed by atoms with Gasteiger partial charge in [0.05, 0.1) is 0 Å². The molecule has 140 valence electrons. The van der Waals surface area contributed by atoms with E-state index >= 15 is 0 Å². The highest BCUT2D eigenvalue weighted by molar-refractivity contribution is 5.79. The number of rotatable bonds is 12. The van der Waals surface area contributed by atoms with Crippen LogP contribution in [0.25, 0.3) is 0 Å². The first-order valence-corrected chi connectivity index (χ1v) is 10.3. The number of carbonyl (C=O) groups is 1. The molecule has 0 aromatic rings. The van der Waals surface area contributed by atoms with Crippen molar-refractivity contribution in [1.82, 2.24) is 15.5 Å². The molecule has 4 nitrogen and oxygen atoms in total. The van der Waals surface area contributed by atoms with Gasteiger partial charge in [-0.3, -0.25) is 4.79 Å². The van der Waals surface area contributed by atoms with Crippen molar-refractivity contribution in [3.05, 3.63) is 0 Å². The predicted molar refractivity (Wildman–Crippen MR) is 101 cm³/mol. The van der Waals surface area contributed by atoms with Gasteiger partial charge in [-0.2, -0.15) is 0 Å². The summed E-state index contributed by atoms with van der Waals surface area (Å²) >= 11 is 0. The van der Waals surface area contributed by atoms with Crippen molar-refractivity contribution in [2.75, 3.05) is 32.7 Å². The van der Waals surface area contributed by atoms with Crippen LogP contribution in [0.15, 0.2) is 0 Å². The summed E-state index contributed by atoms with van der Waals surface area (Å²) in [5.74, 6) is 0.617. The Morgan fingerprint density at radius 2 is 1.71 bits per heavy atom. The monoisotopic (exact) mass is 337 g/mol. The van der Waals surface area contributed by atoms with E-state index in [2.05, 4.69) is 36.3 Å². The van der Waals surface area contributed by atoms with Gasteiger partial charge in [0.25, 0.3) is 0 Å². The Hall–Kier alpha value is -0.610. The van der Waals surface area contributed by atoms with Crippen LogP contribution in [0.3, 0.4) is 0 Å². The lowest BCUT2D eigenvalue weighted by molar-refractivity contribution is -0.144. The number of amides is 1. The van der Waals surface area contributed by atoms with Crippen LogP contribution in [0.2, 0.25) is 0 Å². The maximum atomic E-state index is 12.2. The van der Waals surface area contributed by atoms with Crippen LogP contribution >= 0.6 is 0 Å². The van der Waals surface area contributed by atoms with Crippen LogP contribution in [0.1, 0.15) is 72.1 Å². The van der Waals surface area contributed by atoms with Gasteiger partial charge in [-0.15, -0.1) is 0 Å². The highest BCUT2D eigenvalue weighted by Crippen LogP contribution is 2.51. The normalized spacial score (nSPS) is 20.2. The van der Waals surface area contributed by atoms with Crippen molar-refractivity contribution in [1.29, 1.82) is 0 Å². The van der Waals surface area contributed by atoms with Crippen LogP contribution < -0.4 is 10.6 Å². The number of nitrogens with one attached hydrogen (secondary N) is 2. The van der Waals surface area contributed by atoms with E-state index < -0.39 is 0 Å². The second kappa shape index (κ2) is 9.76. The van der Waals surface area contributed by atoms with E-state index in [4.69, 9.17) is 0 Å². The van der Waals surface area contributed by atoms with E-state index in [9.17, 15) is 4.79 Å². The van der Waals surface area contributed by atoms with Crippen molar-refractivity contribution < 1.29 is 4.79 Å². The zero-order valence-electron chi connectivity index (χ0n) is 16.2. The minimum Gasteiger partial charge on any atom is -0.356 e. The Bertz CT molecular complexity index is 369. The molecule has 0 aromatic carbocycles. The third-order valence-electron chi connectivity index (χ3n) is 5.59. The lowest BCUT2D eigenvalue weighted by Crippen LogP contribution is -2.63. The van der Waals surface area contributed by atoms with Gasteiger partial charge in [-0.05, 0) is 50.6 Å². The van der Waals surface area contributed by atoms with Gasteiger partial charge in [0.1, 0.15) is 0 Å². The van der Waals surface area contributed by atoms with Gasteiger partial charge in [0, 0.05) is 31.6 Å². The summed E-state index contributed by atoms with van der Waals surface area (Å²) in [6.07, 6.45) is 9.72. The zero-order chi connectivity index (χ0) is 17.4. The van der Waals surface area contributed by atoms with Crippen molar-refractivity contribution >= 4 is 5.91 Å². The molecular weight excluding hydrogens is 298 g/mol. The Morgan fingerprint density at radius 1 is 1.08 bits per heavy atom. The number of likely N-dealkylation sites (tertiary alicyclic amines) is 1. The molecule has 0 atom stereocenters. The van der Waals surface area contributed by atoms with E-state index in [0.29, 0.717) is 23.3 Å². The van der Waals surface area contributed by atoms with Crippen LogP contribution in [0.5, 0.6) is 0 Å². The van der Waals surface area contributed by atoms with Crippen molar-refractivity contribution in [3.8, 4) is 0 Å². The topological polar surface area (TPSA) is 44.4 Å². The number of hydrogen-bond acceptors (Lipinski definition) is 3. The molecule has 0 unspecified atom stereocenters. The standard InChI is InChI=1S/C20H39N3O/c1-4-12-23-15-20(16-23)13-18(14-20)19(24)22-11-9-7-5-6-8-10-21-17(2)3/h17-18,21H,4-16H2,1-3H3,(H,22,24). The molecule has 1 heterocycles. The summed E-state index contributed by atoms with van der Waals surface area (Å²) in [4.78, 5) is 14.7. The van der Waals surface area contributed by atoms with E-state index in [0.717, 1.165) is 32.4 Å². The number of carbonyl (C=O) groups excluding carboxylic acids is 1. The average molecular weight is 338 g/mol. The summed E-state index contributed by atoms with van der Waals surface area (Å²) in [7, 11) is 0. The second-order valence-electron chi connectivity index (χ2n) is 8.48. The van der Waals surface area contributed by atoms with E-state index in [1.165, 1.54) is 51.7 Å². The van der Waals surface area contributed by atoms with E-state index in [-0.39, 0.29) is 0 Å². The molecule has 2 N–H and O–H groups in total. The van der Waals surface area contributed by atoms with Gasteiger partial charge in [0.2, 0.25) is 5.91 Å². The smallest absolute Gasteiger partial charge is 0.223 e. The van der Waals surface area contributed by atoms with Crippen LogP contribution in [0, 0.1) is 11.3 Å². The largest absolute Gasteiger partial charge is 0.356 e. The minimum absolute atomic E-state index is 0.302. The fourth-order valence-electron chi connectivity index (χ4n) is 4.33. The highest BCUT2D eigenvalue weighted by Gasteiger charge is 2.53. The second-order valence-corrected chi connectivity index (χ2v) is 8.48. The summed E-state index contributed by atoms with van der Waals surface area (Å²) in [6.45, 7) is 12.3. The molecule has 1 aliphatic heterocycles. The van der Waals surface area contributed by atoms with Crippen molar-refractivity contribution in [3.63, 3.8) is 0 Å². The quantitative estimate of drug-likeness (QED) is 0.538. The molecule has 1 aliphatic carbocycles. The van der Waals surface area contributed by atoms with Gasteiger partial charge in [-0.1, -0.05) is 40.0 Å². The van der Waals surface area contributed by atoms with Crippen LogP contribution in [0.4, 0.5) is 0 Å². The SMILES string of the molecule is CCCN1CC2(CC(C(=O)NCCCCCCCNC(C)C)C2)C1. The molecule has 4 heteroatoms. The molecule has 2 fully saturated rings. The molecule has 2 aliphatic rings. The summed E-state index contributed by atoms with van der Waals surface area (Å²) in [6, 6.07) is 0.598. The molecule has 1 saturated heterocycles. The lowest BCUT2D eigenvalue weighted by Gasteiger charge is -2.58. The van der Waals surface area contributed by atoms with Crippen LogP contribution in [-0.2, 0) is 4.79 Å². The minimum atomic E-state index is 0.302. The number of unbranched alkanes of at least 4 members (excludes halogenated alkanes) is 4. The molecule has 0 bridgehead atoms. The maximum Gasteiger partial charge on any atom is 0.223 e. The summed E-state index contributed by atoms with van der Waals surface area (Å²) < 4.78 is 0. The Labute approximate surface area is 149 Å². The molecule has 2 rings (SSSR count). The third-order valence-corrected chi connectivity index (χ3v) is 5.59. The number of hydrogen-bond donors (Lipinski definition) is 2. The lowest BCUT2D eigenvalue weighted by atomic mass is 9.57. The first-order chi connectivity index (χ1) is 11.5. The van der Waals surface area contributed by atoms with Crippen LogP contribution in [-0.4, -0.2) is 49.6 Å². The maximum absolute atomic E-state index is 12.2. The Morgan fingerprint density at radius 3 is 2.33 bits per heavy atom. The molecule has 0 radical (unpaired) electrons. The Kier molecular flexibility index (Phi) is 8.02. The van der Waals surface area contributed by atoms with Gasteiger partial charge >= 0.3 is 0 Å². The first kappa shape index (κ1) is 19.7. The molecule has 1 saturated carbocycles. The van der Waals surface area contributed by atoms with E-state index in [1.807, 2.05) is 0 Å². The summed E-state index contributed by atoms with van der Waals surface area (Å²) in [5, 5.41) is 6.61. The highest BCUT2D eigenvalue weighted by atomic mass is 16.1. The first-order valence-electron chi connectivity index (χ1n) is 10.3. The van der Waals surface area contributed by atoms with Gasteiger partial charge < -0.3 is 15.5 Å². The third kappa shape index (κ3) is 6.03. The van der Waals surface area contributed by atoms with Gasteiger partial charge in [-0.25, -0.2) is 0 Å². The molecule has 0 aromatic heterocycles. The average Bonchev–Trinajstić information content (AvgIpc) is 2.46. The fraction of sp³-hybridized carbons (Fsp3) is 0.950. The Balaban J connectivity index is 1.39. The van der Waals surface area contributed by atoms with Crippen molar-refractivity contribution in [2.24, 2.45) is 11.3 Å². The molecule has 24 heavy (non-hydrogen) atoms. The van der Waals surface area contributed by atoms with Gasteiger partial charge in [0.15, 0.2) is 0 Å².